The predicted molar refractivity (Wildman–Crippen MR) is 60.0 cm³/mol. The van der Waals surface area contributed by atoms with Gasteiger partial charge in [0.05, 0.1) is 25.0 Å². The number of nitrogens with zero attached hydrogens (tertiary/aromatic N) is 2. The molecule has 9 heteroatoms. The molecule has 0 spiro atoms. The highest BCUT2D eigenvalue weighted by atomic mass is 32.1. The van der Waals surface area contributed by atoms with Crippen molar-refractivity contribution in [1.82, 2.24) is 14.1 Å². The number of carbonyl (C=O) groups is 3. The van der Waals surface area contributed by atoms with Gasteiger partial charge >= 0.3 is 11.9 Å². The highest BCUT2D eigenvalue weighted by Gasteiger charge is 2.22. The Hall–Kier alpha value is -2.03. The van der Waals surface area contributed by atoms with Gasteiger partial charge in [-0.15, -0.1) is 0 Å². The second-order valence-corrected chi connectivity index (χ2v) is 3.83. The van der Waals surface area contributed by atoms with Gasteiger partial charge in [-0.2, -0.15) is 8.75 Å². The number of rotatable bonds is 6. The Kier molecular flexibility index (Phi) is 5.18. The third kappa shape index (κ3) is 4.09. The highest BCUT2D eigenvalue weighted by Crippen LogP contribution is 2.02. The maximum atomic E-state index is 11.5. The largest absolute Gasteiger partial charge is 0.480 e. The Morgan fingerprint density at radius 1 is 1.56 bits per heavy atom. The van der Waals surface area contributed by atoms with E-state index in [1.54, 1.807) is 0 Å². The van der Waals surface area contributed by atoms with Crippen LogP contribution in [0.3, 0.4) is 0 Å². The summed E-state index contributed by atoms with van der Waals surface area (Å²) in [6.45, 7) is 0. The number of hydrogen-bond donors (Lipinski definition) is 2. The summed E-state index contributed by atoms with van der Waals surface area (Å²) in [5.41, 5.74) is 0.0457. The quantitative estimate of drug-likeness (QED) is 0.681. The SMILES string of the molecule is COC(=O)CCC(NC(=O)c1cnsn1)C(=O)O. The Labute approximate surface area is 106 Å². The van der Waals surface area contributed by atoms with E-state index >= 15 is 0 Å². The summed E-state index contributed by atoms with van der Waals surface area (Å²) in [6, 6.07) is -1.17. The molecule has 1 rings (SSSR count). The van der Waals surface area contributed by atoms with E-state index in [2.05, 4.69) is 18.8 Å². The molecule has 2 N–H and O–H groups in total. The molecule has 1 atom stereocenters. The molecule has 0 bridgehead atoms. The lowest BCUT2D eigenvalue weighted by atomic mass is 10.1. The smallest absolute Gasteiger partial charge is 0.326 e. The molecule has 1 amide bonds. The number of amides is 1. The summed E-state index contributed by atoms with van der Waals surface area (Å²) in [4.78, 5) is 33.4. The number of aromatic nitrogens is 2. The van der Waals surface area contributed by atoms with E-state index in [0.29, 0.717) is 0 Å². The molecule has 18 heavy (non-hydrogen) atoms. The van der Waals surface area contributed by atoms with Crippen molar-refractivity contribution in [3.63, 3.8) is 0 Å². The first kappa shape index (κ1) is 14.0. The molecule has 1 heterocycles. The zero-order valence-corrected chi connectivity index (χ0v) is 10.3. The van der Waals surface area contributed by atoms with Crippen molar-refractivity contribution in [2.75, 3.05) is 7.11 Å². The van der Waals surface area contributed by atoms with Crippen LogP contribution < -0.4 is 5.32 Å². The summed E-state index contributed by atoms with van der Waals surface area (Å²) in [5, 5.41) is 11.2. The molecular weight excluding hydrogens is 262 g/mol. The molecule has 0 saturated carbocycles. The van der Waals surface area contributed by atoms with Crippen LogP contribution in [0.1, 0.15) is 23.3 Å². The number of nitrogens with one attached hydrogen (secondary N) is 1. The number of hydrogen-bond acceptors (Lipinski definition) is 7. The normalized spacial score (nSPS) is 11.6. The molecule has 0 aliphatic rings. The summed E-state index contributed by atoms with van der Waals surface area (Å²) >= 11 is 0.843. The van der Waals surface area contributed by atoms with Crippen LogP contribution in [0.2, 0.25) is 0 Å². The molecule has 98 valence electrons. The van der Waals surface area contributed by atoms with Gasteiger partial charge in [-0.05, 0) is 6.42 Å². The van der Waals surface area contributed by atoms with Gasteiger partial charge in [-0.3, -0.25) is 9.59 Å². The van der Waals surface area contributed by atoms with Crippen molar-refractivity contribution >= 4 is 29.6 Å². The summed E-state index contributed by atoms with van der Waals surface area (Å²) in [6.07, 6.45) is 1.09. The van der Waals surface area contributed by atoms with Crippen molar-refractivity contribution in [1.29, 1.82) is 0 Å². The van der Waals surface area contributed by atoms with E-state index in [1.165, 1.54) is 13.3 Å². The molecular formula is C9H11N3O5S. The van der Waals surface area contributed by atoms with Crippen molar-refractivity contribution in [2.45, 2.75) is 18.9 Å². The van der Waals surface area contributed by atoms with Crippen molar-refractivity contribution in [2.24, 2.45) is 0 Å². The van der Waals surface area contributed by atoms with Crippen LogP contribution in [0.4, 0.5) is 0 Å². The number of carboxylic acid groups (broad SMARTS) is 1. The van der Waals surface area contributed by atoms with E-state index in [0.717, 1.165) is 11.7 Å². The van der Waals surface area contributed by atoms with Crippen molar-refractivity contribution in [3.05, 3.63) is 11.9 Å². The van der Waals surface area contributed by atoms with E-state index < -0.39 is 23.9 Å². The molecule has 0 radical (unpaired) electrons. The highest BCUT2D eigenvalue weighted by molar-refractivity contribution is 6.99. The maximum absolute atomic E-state index is 11.5. The molecule has 0 saturated heterocycles. The fourth-order valence-corrected chi connectivity index (χ4v) is 1.53. The van der Waals surface area contributed by atoms with E-state index in [-0.39, 0.29) is 18.5 Å². The van der Waals surface area contributed by atoms with Gasteiger partial charge in [-0.1, -0.05) is 0 Å². The third-order valence-corrected chi connectivity index (χ3v) is 2.54. The molecule has 0 aliphatic heterocycles. The van der Waals surface area contributed by atoms with E-state index in [4.69, 9.17) is 5.11 Å². The lowest BCUT2D eigenvalue weighted by Crippen LogP contribution is -2.41. The second-order valence-electron chi connectivity index (χ2n) is 3.27. The molecule has 0 aromatic carbocycles. The Morgan fingerprint density at radius 3 is 2.78 bits per heavy atom. The minimum absolute atomic E-state index is 0.0457. The number of aliphatic carboxylic acids is 1. The summed E-state index contributed by atoms with van der Waals surface area (Å²) in [7, 11) is 1.21. The van der Waals surface area contributed by atoms with Crippen molar-refractivity contribution in [3.8, 4) is 0 Å². The zero-order valence-electron chi connectivity index (χ0n) is 9.45. The number of carbonyl (C=O) groups excluding carboxylic acids is 2. The third-order valence-electron chi connectivity index (χ3n) is 2.06. The van der Waals surface area contributed by atoms with Crippen LogP contribution in [-0.4, -0.2) is 44.9 Å². The van der Waals surface area contributed by atoms with Gasteiger partial charge in [0.15, 0.2) is 5.69 Å². The van der Waals surface area contributed by atoms with Gasteiger partial charge < -0.3 is 15.2 Å². The lowest BCUT2D eigenvalue weighted by molar-refractivity contribution is -0.142. The molecule has 1 aromatic rings. The Bertz CT molecular complexity index is 433. The first-order valence-electron chi connectivity index (χ1n) is 4.92. The van der Waals surface area contributed by atoms with Crippen LogP contribution in [-0.2, 0) is 14.3 Å². The van der Waals surface area contributed by atoms with Crippen LogP contribution in [0, 0.1) is 0 Å². The standard InChI is InChI=1S/C9H11N3O5S/c1-17-7(13)3-2-5(9(15)16)11-8(14)6-4-10-18-12-6/h4-5H,2-3H2,1H3,(H,11,14)(H,15,16). The van der Waals surface area contributed by atoms with Crippen LogP contribution in [0.25, 0.3) is 0 Å². The number of ether oxygens (including phenoxy) is 1. The molecule has 8 nitrogen and oxygen atoms in total. The van der Waals surface area contributed by atoms with Gasteiger partial charge in [0.2, 0.25) is 0 Å². The molecule has 1 aromatic heterocycles. The summed E-state index contributed by atoms with van der Waals surface area (Å²) < 4.78 is 11.7. The predicted octanol–water partition coefficient (Wildman–Crippen LogP) is -0.326. The van der Waals surface area contributed by atoms with Crippen molar-refractivity contribution < 1.29 is 24.2 Å². The minimum atomic E-state index is -1.23. The number of carboxylic acids is 1. The second kappa shape index (κ2) is 6.64. The van der Waals surface area contributed by atoms with Crippen LogP contribution in [0.5, 0.6) is 0 Å². The maximum Gasteiger partial charge on any atom is 0.326 e. The molecule has 1 unspecified atom stereocenters. The molecule has 0 aliphatic carbocycles. The topological polar surface area (TPSA) is 118 Å². The lowest BCUT2D eigenvalue weighted by Gasteiger charge is -2.12. The van der Waals surface area contributed by atoms with Gasteiger partial charge in [-0.25, -0.2) is 4.79 Å². The van der Waals surface area contributed by atoms with Crippen LogP contribution >= 0.6 is 11.7 Å². The minimum Gasteiger partial charge on any atom is -0.480 e. The Balaban J connectivity index is 2.55. The van der Waals surface area contributed by atoms with Gasteiger partial charge in [0.1, 0.15) is 6.04 Å². The monoisotopic (exact) mass is 273 g/mol. The average Bonchev–Trinajstić information content (AvgIpc) is 2.87. The van der Waals surface area contributed by atoms with E-state index in [9.17, 15) is 14.4 Å². The number of methoxy groups -OCH3 is 1. The summed E-state index contributed by atoms with van der Waals surface area (Å²) in [5.74, 6) is -2.40. The van der Waals surface area contributed by atoms with E-state index in [1.807, 2.05) is 0 Å². The van der Waals surface area contributed by atoms with Gasteiger partial charge in [0.25, 0.3) is 5.91 Å². The fraction of sp³-hybridized carbons (Fsp3) is 0.444. The zero-order chi connectivity index (χ0) is 13.5. The van der Waals surface area contributed by atoms with Gasteiger partial charge in [0, 0.05) is 6.42 Å². The molecule has 0 fully saturated rings. The Morgan fingerprint density at radius 2 is 2.28 bits per heavy atom. The fourth-order valence-electron chi connectivity index (χ4n) is 1.12. The number of esters is 1. The average molecular weight is 273 g/mol. The first-order chi connectivity index (χ1) is 8.54. The first-order valence-corrected chi connectivity index (χ1v) is 5.65. The van der Waals surface area contributed by atoms with Crippen LogP contribution in [0.15, 0.2) is 6.20 Å².